The number of rotatable bonds is 63. The summed E-state index contributed by atoms with van der Waals surface area (Å²) in [5, 5.41) is 0. The van der Waals surface area contributed by atoms with Crippen LogP contribution in [0.25, 0.3) is 0 Å². The minimum atomic E-state index is -4.64. The molecule has 0 amide bonds. The summed E-state index contributed by atoms with van der Waals surface area (Å²) in [6.07, 6.45) is 80.1. The van der Waals surface area contributed by atoms with E-state index in [0.717, 1.165) is 64.2 Å². The highest BCUT2D eigenvalue weighted by Gasteiger charge is 2.22. The molecule has 0 aromatic carbocycles. The van der Waals surface area contributed by atoms with Crippen molar-refractivity contribution in [2.75, 3.05) is 47.5 Å². The molecule has 10 heteroatoms. The van der Waals surface area contributed by atoms with E-state index in [1.807, 2.05) is 21.1 Å². The van der Waals surface area contributed by atoms with E-state index in [-0.39, 0.29) is 32.0 Å². The lowest BCUT2D eigenvalue weighted by atomic mass is 10.0. The second-order valence-corrected chi connectivity index (χ2v) is 25.6. The van der Waals surface area contributed by atoms with Gasteiger partial charge in [-0.15, -0.1) is 0 Å². The van der Waals surface area contributed by atoms with Crippen LogP contribution in [0.3, 0.4) is 0 Å². The molecule has 0 fully saturated rings. The Morgan fingerprint density at radius 3 is 1.07 bits per heavy atom. The molecule has 0 bridgehead atoms. The third-order valence-electron chi connectivity index (χ3n) is 15.0. The monoisotopic (exact) mass is 1140 g/mol. The van der Waals surface area contributed by atoms with Gasteiger partial charge in [0.1, 0.15) is 19.8 Å². The largest absolute Gasteiger partial charge is 0.756 e. The van der Waals surface area contributed by atoms with E-state index in [1.54, 1.807) is 0 Å². The third-order valence-corrected chi connectivity index (χ3v) is 16.0. The summed E-state index contributed by atoms with van der Waals surface area (Å²) in [6, 6.07) is 0. The molecule has 0 saturated carbocycles. The van der Waals surface area contributed by atoms with E-state index in [2.05, 4.69) is 74.6 Å². The predicted molar refractivity (Wildman–Crippen MR) is 342 cm³/mol. The average Bonchev–Trinajstić information content (AvgIpc) is 3.42. The number of likely N-dealkylation sites (N-methyl/N-ethyl adjacent to an activating group) is 1. The predicted octanol–water partition coefficient (Wildman–Crippen LogP) is 21.2. The fourth-order valence-electron chi connectivity index (χ4n) is 9.82. The molecule has 0 rings (SSSR count). The Bertz CT molecular complexity index is 1530. The van der Waals surface area contributed by atoms with Gasteiger partial charge in [-0.25, -0.2) is 0 Å². The van der Waals surface area contributed by atoms with E-state index < -0.39 is 26.5 Å². The molecule has 0 N–H and O–H groups in total. The van der Waals surface area contributed by atoms with Gasteiger partial charge in [0.15, 0.2) is 6.10 Å². The zero-order valence-electron chi connectivity index (χ0n) is 53.3. The van der Waals surface area contributed by atoms with Crippen LogP contribution < -0.4 is 4.89 Å². The van der Waals surface area contributed by atoms with Gasteiger partial charge in [-0.1, -0.05) is 293 Å². The number of phosphoric ester groups is 1. The molecule has 0 aliphatic heterocycles. The van der Waals surface area contributed by atoms with Crippen molar-refractivity contribution in [2.24, 2.45) is 0 Å². The first-order valence-electron chi connectivity index (χ1n) is 34.0. The lowest BCUT2D eigenvalue weighted by Crippen LogP contribution is -2.37. The highest BCUT2D eigenvalue weighted by Crippen LogP contribution is 2.38. The first-order valence-corrected chi connectivity index (χ1v) is 35.5. The average molecular weight is 1140 g/mol. The van der Waals surface area contributed by atoms with Gasteiger partial charge < -0.3 is 27.9 Å². The Hall–Kier alpha value is -2.29. The van der Waals surface area contributed by atoms with Crippen LogP contribution in [-0.4, -0.2) is 70.0 Å². The zero-order chi connectivity index (χ0) is 58.4. The van der Waals surface area contributed by atoms with Crippen molar-refractivity contribution in [3.05, 3.63) is 60.8 Å². The number of hydrogen-bond donors (Lipinski definition) is 0. The molecule has 0 aromatic heterocycles. The van der Waals surface area contributed by atoms with Gasteiger partial charge in [-0.2, -0.15) is 0 Å². The molecule has 0 aromatic rings. The minimum absolute atomic E-state index is 0.0301. The molecular weight excluding hydrogens is 1010 g/mol. The summed E-state index contributed by atoms with van der Waals surface area (Å²) in [5.41, 5.74) is 0. The van der Waals surface area contributed by atoms with Gasteiger partial charge in [0.2, 0.25) is 0 Å². The van der Waals surface area contributed by atoms with Crippen molar-refractivity contribution in [3.8, 4) is 0 Å². The maximum Gasteiger partial charge on any atom is 0.306 e. The summed E-state index contributed by atoms with van der Waals surface area (Å²) in [6.45, 7) is 4.18. The Labute approximate surface area is 496 Å². The van der Waals surface area contributed by atoms with Gasteiger partial charge in [-0.05, 0) is 77.0 Å². The molecule has 80 heavy (non-hydrogen) atoms. The molecule has 0 saturated heterocycles. The molecule has 2 atom stereocenters. The second kappa shape index (κ2) is 61.3. The standard InChI is InChI=1S/C70H130NO8P/c1-6-8-10-12-14-16-18-20-22-24-26-28-30-32-34-35-37-39-41-43-45-47-49-51-53-55-57-59-61-63-70(73)79-68(67-78-80(74,75)77-65-64-71(3,4)5)66-76-69(72)62-60-58-56-54-52-50-48-46-44-42-40-38-36-33-31-29-27-25-23-21-19-17-15-13-11-9-7-2/h8,10,14,16,20,22,25-28,68H,6-7,9,11-13,15,17-19,21,23-24,29-67H2,1-5H3/b10-8-,16-14-,22-20-,27-25-,28-26-. The number of allylic oxidation sites excluding steroid dienone is 10. The Balaban J connectivity index is 4.04. The fourth-order valence-corrected chi connectivity index (χ4v) is 10.6. The van der Waals surface area contributed by atoms with E-state index >= 15 is 0 Å². The van der Waals surface area contributed by atoms with Crippen molar-refractivity contribution < 1.29 is 42.1 Å². The number of ether oxygens (including phenoxy) is 2. The number of unbranched alkanes of at least 4 members (excludes halogenated alkanes) is 39. The zero-order valence-corrected chi connectivity index (χ0v) is 54.2. The fraction of sp³-hybridized carbons (Fsp3) is 0.829. The molecular formula is C70H130NO8P. The van der Waals surface area contributed by atoms with E-state index in [1.165, 1.54) is 225 Å². The van der Waals surface area contributed by atoms with Crippen LogP contribution in [-0.2, 0) is 32.7 Å². The van der Waals surface area contributed by atoms with Crippen LogP contribution in [0.4, 0.5) is 0 Å². The Kier molecular flexibility index (Phi) is 59.5. The number of phosphoric acid groups is 1. The molecule has 0 aliphatic carbocycles. The second-order valence-electron chi connectivity index (χ2n) is 24.2. The SMILES string of the molecule is CC/C=C\C/C=C\C/C=C\C/C=C\CCCCCCCCCCCCCCCCCCC(=O)OC(COC(=O)CCCCCCCCCCCCCCCCC/C=C\CCCCCCCCCC)COP(=O)([O-])OCC[N+](C)(C)C. The minimum Gasteiger partial charge on any atom is -0.756 e. The quantitative estimate of drug-likeness (QED) is 0.0195. The molecule has 0 aliphatic rings. The third kappa shape index (κ3) is 64.9. The van der Waals surface area contributed by atoms with Crippen LogP contribution in [0.1, 0.15) is 322 Å². The van der Waals surface area contributed by atoms with Gasteiger partial charge in [-0.3, -0.25) is 14.2 Å². The van der Waals surface area contributed by atoms with Crippen LogP contribution in [0.15, 0.2) is 60.8 Å². The highest BCUT2D eigenvalue weighted by atomic mass is 31.2. The number of carbonyl (C=O) groups excluding carboxylic acids is 2. The van der Waals surface area contributed by atoms with E-state index in [0.29, 0.717) is 17.4 Å². The van der Waals surface area contributed by atoms with Crippen molar-refractivity contribution in [3.63, 3.8) is 0 Å². The number of nitrogens with zero attached hydrogens (tertiary/aromatic N) is 1. The summed E-state index contributed by atoms with van der Waals surface area (Å²) in [7, 11) is 1.18. The number of esters is 2. The van der Waals surface area contributed by atoms with Crippen LogP contribution in [0.5, 0.6) is 0 Å². The van der Waals surface area contributed by atoms with Crippen molar-refractivity contribution in [1.82, 2.24) is 0 Å². The first kappa shape index (κ1) is 77.7. The molecule has 468 valence electrons. The normalized spacial score (nSPS) is 13.5. The van der Waals surface area contributed by atoms with Crippen LogP contribution >= 0.6 is 7.82 Å². The molecule has 0 heterocycles. The van der Waals surface area contributed by atoms with Gasteiger partial charge >= 0.3 is 11.9 Å². The van der Waals surface area contributed by atoms with E-state index in [9.17, 15) is 19.0 Å². The van der Waals surface area contributed by atoms with Crippen molar-refractivity contribution in [1.29, 1.82) is 0 Å². The number of quaternary nitrogens is 1. The Morgan fingerprint density at radius 1 is 0.400 bits per heavy atom. The molecule has 0 radical (unpaired) electrons. The van der Waals surface area contributed by atoms with Crippen molar-refractivity contribution in [2.45, 2.75) is 328 Å². The van der Waals surface area contributed by atoms with Crippen LogP contribution in [0.2, 0.25) is 0 Å². The van der Waals surface area contributed by atoms with Crippen molar-refractivity contribution >= 4 is 19.8 Å². The van der Waals surface area contributed by atoms with Gasteiger partial charge in [0.05, 0.1) is 27.7 Å². The number of hydrogen-bond acceptors (Lipinski definition) is 8. The summed E-state index contributed by atoms with van der Waals surface area (Å²) in [5.74, 6) is -0.819. The first-order chi connectivity index (χ1) is 39.0. The van der Waals surface area contributed by atoms with Gasteiger partial charge in [0, 0.05) is 12.8 Å². The summed E-state index contributed by atoms with van der Waals surface area (Å²) >= 11 is 0. The lowest BCUT2D eigenvalue weighted by Gasteiger charge is -2.28. The molecule has 2 unspecified atom stereocenters. The van der Waals surface area contributed by atoms with Gasteiger partial charge in [0.25, 0.3) is 7.82 Å². The number of carbonyl (C=O) groups is 2. The van der Waals surface area contributed by atoms with E-state index in [4.69, 9.17) is 18.5 Å². The van der Waals surface area contributed by atoms with Crippen LogP contribution in [0, 0.1) is 0 Å². The topological polar surface area (TPSA) is 111 Å². The molecule has 9 nitrogen and oxygen atoms in total. The highest BCUT2D eigenvalue weighted by molar-refractivity contribution is 7.45. The summed E-state index contributed by atoms with van der Waals surface area (Å²) in [4.78, 5) is 38.0. The molecule has 0 spiro atoms. The summed E-state index contributed by atoms with van der Waals surface area (Å²) < 4.78 is 34.3. The lowest BCUT2D eigenvalue weighted by molar-refractivity contribution is -0.870. The smallest absolute Gasteiger partial charge is 0.306 e. The Morgan fingerprint density at radius 2 is 0.713 bits per heavy atom. The maximum atomic E-state index is 12.9. The maximum absolute atomic E-state index is 12.9.